The summed E-state index contributed by atoms with van der Waals surface area (Å²) in [4.78, 5) is 24.4. The smallest absolute Gasteiger partial charge is 0.340 e. The highest BCUT2D eigenvalue weighted by Crippen LogP contribution is 2.18. The number of urea groups is 1. The van der Waals surface area contributed by atoms with Gasteiger partial charge < -0.3 is 20.1 Å². The van der Waals surface area contributed by atoms with Gasteiger partial charge in [-0.25, -0.2) is 9.59 Å². The molecular formula is C20H23ClN2O4. The third-order valence-corrected chi connectivity index (χ3v) is 3.84. The van der Waals surface area contributed by atoms with E-state index in [1.165, 1.54) is 0 Å². The number of carbonyl (C=O) groups excluding carboxylic acids is 2. The zero-order valence-corrected chi connectivity index (χ0v) is 16.1. The zero-order valence-electron chi connectivity index (χ0n) is 15.3. The molecule has 0 aliphatic rings. The molecule has 6 nitrogen and oxygen atoms in total. The molecule has 27 heavy (non-hydrogen) atoms. The van der Waals surface area contributed by atoms with Crippen molar-refractivity contribution in [1.29, 1.82) is 0 Å². The van der Waals surface area contributed by atoms with E-state index < -0.39 is 18.2 Å². The van der Waals surface area contributed by atoms with Crippen molar-refractivity contribution in [3.8, 4) is 5.75 Å². The minimum atomic E-state index is -0.588. The first-order valence-corrected chi connectivity index (χ1v) is 9.13. The van der Waals surface area contributed by atoms with Gasteiger partial charge in [-0.05, 0) is 49.7 Å². The Kier molecular flexibility index (Phi) is 7.95. The highest BCUT2D eigenvalue weighted by atomic mass is 35.5. The van der Waals surface area contributed by atoms with Gasteiger partial charge in [-0.1, -0.05) is 37.1 Å². The Morgan fingerprint density at radius 3 is 2.52 bits per heavy atom. The monoisotopic (exact) mass is 390 g/mol. The van der Waals surface area contributed by atoms with E-state index in [-0.39, 0.29) is 0 Å². The van der Waals surface area contributed by atoms with Crippen LogP contribution in [0.1, 0.15) is 37.0 Å². The Balaban J connectivity index is 1.93. The summed E-state index contributed by atoms with van der Waals surface area (Å²) in [5.41, 5.74) is 0.671. The quantitative estimate of drug-likeness (QED) is 0.384. The van der Waals surface area contributed by atoms with Crippen LogP contribution in [0.2, 0.25) is 5.02 Å². The number of rotatable bonds is 8. The zero-order chi connectivity index (χ0) is 19.6. The molecule has 0 fully saturated rings. The number of ether oxygens (including phenoxy) is 2. The highest BCUT2D eigenvalue weighted by molar-refractivity contribution is 6.30. The predicted octanol–water partition coefficient (Wildman–Crippen LogP) is 4.84. The summed E-state index contributed by atoms with van der Waals surface area (Å²) < 4.78 is 10.8. The number of carbonyl (C=O) groups is 2. The molecule has 2 aromatic carbocycles. The van der Waals surface area contributed by atoms with E-state index in [1.807, 2.05) is 6.92 Å². The molecule has 7 heteroatoms. The summed E-state index contributed by atoms with van der Waals surface area (Å²) in [6.45, 7) is 4.06. The van der Waals surface area contributed by atoms with Crippen molar-refractivity contribution >= 4 is 29.3 Å². The van der Waals surface area contributed by atoms with Crippen LogP contribution in [0.25, 0.3) is 0 Å². The maximum Gasteiger partial charge on any atom is 0.340 e. The molecule has 0 aliphatic heterocycles. The van der Waals surface area contributed by atoms with Crippen LogP contribution < -0.4 is 15.4 Å². The lowest BCUT2D eigenvalue weighted by atomic mass is 10.2. The topological polar surface area (TPSA) is 76.7 Å². The van der Waals surface area contributed by atoms with Gasteiger partial charge in [0.25, 0.3) is 0 Å². The van der Waals surface area contributed by atoms with Crippen LogP contribution in [-0.4, -0.2) is 24.8 Å². The summed E-state index contributed by atoms with van der Waals surface area (Å²) in [5, 5.41) is 5.91. The minimum absolute atomic E-state index is 0.301. The number of nitrogens with one attached hydrogen (secondary N) is 2. The number of hydrogen-bond donors (Lipinski definition) is 2. The molecule has 0 bridgehead atoms. The van der Waals surface area contributed by atoms with Crippen molar-refractivity contribution in [3.05, 3.63) is 59.1 Å². The summed E-state index contributed by atoms with van der Waals surface area (Å²) in [5.74, 6) is 0.108. The van der Waals surface area contributed by atoms with Crippen LogP contribution in [0.4, 0.5) is 10.5 Å². The molecule has 0 spiro atoms. The van der Waals surface area contributed by atoms with E-state index in [2.05, 4.69) is 10.6 Å². The number of halogens is 1. The van der Waals surface area contributed by atoms with E-state index in [0.717, 1.165) is 12.8 Å². The Bertz CT molecular complexity index is 765. The average Bonchev–Trinajstić information content (AvgIpc) is 2.64. The lowest BCUT2D eigenvalue weighted by Crippen LogP contribution is -2.39. The summed E-state index contributed by atoms with van der Waals surface area (Å²) in [6, 6.07) is 13.0. The summed E-state index contributed by atoms with van der Waals surface area (Å²) in [7, 11) is 0. The minimum Gasteiger partial charge on any atom is -0.471 e. The fourth-order valence-corrected chi connectivity index (χ4v) is 2.37. The van der Waals surface area contributed by atoms with Gasteiger partial charge in [0.15, 0.2) is 6.23 Å². The number of amides is 2. The van der Waals surface area contributed by atoms with Crippen molar-refractivity contribution in [3.63, 3.8) is 0 Å². The lowest BCUT2D eigenvalue weighted by Gasteiger charge is -2.17. The van der Waals surface area contributed by atoms with E-state index in [4.69, 9.17) is 21.1 Å². The summed E-state index contributed by atoms with van der Waals surface area (Å²) >= 11 is 5.83. The van der Waals surface area contributed by atoms with Crippen molar-refractivity contribution in [2.75, 3.05) is 11.9 Å². The number of anilines is 1. The molecule has 0 aliphatic carbocycles. The van der Waals surface area contributed by atoms with Crippen molar-refractivity contribution in [2.24, 2.45) is 0 Å². The van der Waals surface area contributed by atoms with Crippen LogP contribution in [0.5, 0.6) is 5.75 Å². The first-order chi connectivity index (χ1) is 13.0. The fraction of sp³-hybridized carbons (Fsp3) is 0.300. The molecule has 0 aromatic heterocycles. The number of benzene rings is 2. The van der Waals surface area contributed by atoms with Crippen LogP contribution in [0, 0.1) is 0 Å². The molecule has 0 saturated carbocycles. The van der Waals surface area contributed by atoms with E-state index >= 15 is 0 Å². The molecule has 0 heterocycles. The third kappa shape index (κ3) is 6.83. The van der Waals surface area contributed by atoms with Crippen molar-refractivity contribution in [1.82, 2.24) is 5.32 Å². The van der Waals surface area contributed by atoms with Gasteiger partial charge in [0.05, 0.1) is 17.9 Å². The van der Waals surface area contributed by atoms with E-state index in [9.17, 15) is 9.59 Å². The van der Waals surface area contributed by atoms with Gasteiger partial charge in [-0.15, -0.1) is 0 Å². The number of esters is 1. The Labute approximate surface area is 163 Å². The molecular weight excluding hydrogens is 368 g/mol. The summed E-state index contributed by atoms with van der Waals surface area (Å²) in [6.07, 6.45) is 1.14. The average molecular weight is 391 g/mol. The van der Waals surface area contributed by atoms with Crippen molar-refractivity contribution in [2.45, 2.75) is 32.9 Å². The van der Waals surface area contributed by atoms with Crippen LogP contribution >= 0.6 is 11.6 Å². The molecule has 2 N–H and O–H groups in total. The molecule has 2 amide bonds. The largest absolute Gasteiger partial charge is 0.471 e. The third-order valence-electron chi connectivity index (χ3n) is 3.59. The Morgan fingerprint density at radius 2 is 1.81 bits per heavy atom. The molecule has 0 saturated heterocycles. The van der Waals surface area contributed by atoms with Gasteiger partial charge in [-0.3, -0.25) is 0 Å². The lowest BCUT2D eigenvalue weighted by molar-refractivity contribution is 0.0501. The molecule has 1 unspecified atom stereocenters. The van der Waals surface area contributed by atoms with Crippen LogP contribution in [0.15, 0.2) is 48.5 Å². The van der Waals surface area contributed by atoms with Crippen LogP contribution in [-0.2, 0) is 4.74 Å². The molecule has 2 rings (SSSR count). The Hall–Kier alpha value is -2.73. The van der Waals surface area contributed by atoms with Gasteiger partial charge in [0.2, 0.25) is 0 Å². The van der Waals surface area contributed by atoms with E-state index in [1.54, 1.807) is 55.5 Å². The standard InChI is InChI=1S/C20H23ClN2O4/c1-3-4-13-26-19(24)17-7-5-6-8-18(17)23-20(25)22-14(2)27-16-11-9-15(21)10-12-16/h5-12,14H,3-4,13H2,1-2H3,(H2,22,23,25). The maximum atomic E-state index is 12.2. The van der Waals surface area contributed by atoms with Gasteiger partial charge in [0.1, 0.15) is 5.75 Å². The Morgan fingerprint density at radius 1 is 1.11 bits per heavy atom. The molecule has 0 radical (unpaired) electrons. The van der Waals surface area contributed by atoms with Gasteiger partial charge in [-0.2, -0.15) is 0 Å². The first kappa shape index (κ1) is 20.6. The van der Waals surface area contributed by atoms with Gasteiger partial charge in [0, 0.05) is 5.02 Å². The second kappa shape index (κ2) is 10.4. The second-order valence-corrected chi connectivity index (χ2v) is 6.28. The molecule has 2 aromatic rings. The number of hydrogen-bond acceptors (Lipinski definition) is 4. The predicted molar refractivity (Wildman–Crippen MR) is 105 cm³/mol. The number of para-hydroxylation sites is 1. The maximum absolute atomic E-state index is 12.2. The normalized spacial score (nSPS) is 11.4. The number of unbranched alkanes of at least 4 members (excludes halogenated alkanes) is 1. The fourth-order valence-electron chi connectivity index (χ4n) is 2.25. The second-order valence-electron chi connectivity index (χ2n) is 5.85. The molecule has 1 atom stereocenters. The van der Waals surface area contributed by atoms with Gasteiger partial charge >= 0.3 is 12.0 Å². The first-order valence-electron chi connectivity index (χ1n) is 8.75. The highest BCUT2D eigenvalue weighted by Gasteiger charge is 2.15. The molecule has 144 valence electrons. The van der Waals surface area contributed by atoms with E-state index in [0.29, 0.717) is 28.6 Å². The van der Waals surface area contributed by atoms with Crippen molar-refractivity contribution < 1.29 is 19.1 Å². The van der Waals surface area contributed by atoms with Crippen LogP contribution in [0.3, 0.4) is 0 Å². The SMILES string of the molecule is CCCCOC(=O)c1ccccc1NC(=O)NC(C)Oc1ccc(Cl)cc1.